The molecule has 0 bridgehead atoms. The molecule has 3 rings (SSSR count). The summed E-state index contributed by atoms with van der Waals surface area (Å²) in [6.45, 7) is 10.6. The molecule has 0 fully saturated rings. The lowest BCUT2D eigenvalue weighted by molar-refractivity contribution is 0.355. The van der Waals surface area contributed by atoms with E-state index in [1.54, 1.807) is 14.2 Å². The van der Waals surface area contributed by atoms with E-state index in [-0.39, 0.29) is 0 Å². The molecule has 0 radical (unpaired) electrons. The second-order valence-electron chi connectivity index (χ2n) is 7.48. The zero-order chi connectivity index (χ0) is 21.7. The third-order valence-electron chi connectivity index (χ3n) is 4.70. The van der Waals surface area contributed by atoms with Crippen LogP contribution in [0.3, 0.4) is 0 Å². The number of nitrogens with zero attached hydrogens (tertiary/aromatic N) is 2. The molecule has 0 saturated carbocycles. The maximum Gasteiger partial charge on any atom is 0.162 e. The zero-order valence-corrected chi connectivity index (χ0v) is 18.3. The average molecular weight is 404 g/mol. The highest BCUT2D eigenvalue weighted by Crippen LogP contribution is 2.31. The van der Waals surface area contributed by atoms with Crippen LogP contribution in [0.5, 0.6) is 11.5 Å². The molecule has 156 valence electrons. The summed E-state index contributed by atoms with van der Waals surface area (Å²) in [5.41, 5.74) is 4.72. The molecular formula is C25H29N3O2. The van der Waals surface area contributed by atoms with Crippen LogP contribution < -0.4 is 14.8 Å². The molecule has 1 heterocycles. The Morgan fingerprint density at radius 3 is 2.37 bits per heavy atom. The van der Waals surface area contributed by atoms with Gasteiger partial charge < -0.3 is 19.7 Å². The van der Waals surface area contributed by atoms with Gasteiger partial charge in [0.2, 0.25) is 0 Å². The first-order valence-electron chi connectivity index (χ1n) is 9.93. The second-order valence-corrected chi connectivity index (χ2v) is 7.48. The van der Waals surface area contributed by atoms with Gasteiger partial charge in [-0.15, -0.1) is 0 Å². The maximum atomic E-state index is 5.42. The van der Waals surface area contributed by atoms with Gasteiger partial charge in [-0.1, -0.05) is 56.3 Å². The zero-order valence-electron chi connectivity index (χ0n) is 18.3. The van der Waals surface area contributed by atoms with Crippen molar-refractivity contribution in [1.82, 2.24) is 4.90 Å². The molecule has 0 amide bonds. The van der Waals surface area contributed by atoms with Crippen LogP contribution >= 0.6 is 0 Å². The van der Waals surface area contributed by atoms with Crippen LogP contribution in [-0.2, 0) is 0 Å². The number of ether oxygens (including phenoxy) is 2. The minimum atomic E-state index is 0.426. The van der Waals surface area contributed by atoms with Crippen LogP contribution in [0.4, 0.5) is 5.69 Å². The maximum absolute atomic E-state index is 5.42. The molecule has 0 saturated heterocycles. The summed E-state index contributed by atoms with van der Waals surface area (Å²) in [5, 5.41) is 3.38. The van der Waals surface area contributed by atoms with Crippen molar-refractivity contribution in [3.05, 3.63) is 84.3 Å². The monoisotopic (exact) mass is 403 g/mol. The molecule has 0 unspecified atom stereocenters. The molecule has 5 nitrogen and oxygen atoms in total. The number of aliphatic imine (C=N–C) groups is 1. The van der Waals surface area contributed by atoms with Crippen molar-refractivity contribution in [3.63, 3.8) is 0 Å². The number of aryl methyl sites for hydroxylation is 1. The highest BCUT2D eigenvalue weighted by atomic mass is 16.5. The number of nitrogens with one attached hydrogen (secondary N) is 1. The van der Waals surface area contributed by atoms with Crippen LogP contribution in [0.1, 0.15) is 25.0 Å². The standard InChI is InChI=1S/C25H29N3O2/c1-17(2)13-14-28-16-22(20-9-7-18(3)8-10-20)27-25(19(28)4)26-21-11-12-23(29-5)24(15-21)30-6/h7-17H,4H2,1-3,5-6H3,(H,26,27)/b14-13-. The fraction of sp³-hybridized carbons (Fsp3) is 0.240. The molecule has 1 aliphatic heterocycles. The van der Waals surface area contributed by atoms with Gasteiger partial charge >= 0.3 is 0 Å². The Balaban J connectivity index is 1.97. The Kier molecular flexibility index (Phi) is 6.62. The summed E-state index contributed by atoms with van der Waals surface area (Å²) in [6, 6.07) is 14.0. The van der Waals surface area contributed by atoms with Crippen LogP contribution in [0.15, 0.2) is 78.2 Å². The Hall–Kier alpha value is -3.47. The fourth-order valence-electron chi connectivity index (χ4n) is 2.96. The number of hydrogen-bond donors (Lipinski definition) is 1. The van der Waals surface area contributed by atoms with Gasteiger partial charge in [0.1, 0.15) is 0 Å². The van der Waals surface area contributed by atoms with E-state index in [2.05, 4.69) is 63.0 Å². The van der Waals surface area contributed by atoms with Gasteiger partial charge in [-0.2, -0.15) is 0 Å². The van der Waals surface area contributed by atoms with E-state index in [1.165, 1.54) is 5.56 Å². The van der Waals surface area contributed by atoms with Gasteiger partial charge in [0.05, 0.1) is 25.6 Å². The van der Waals surface area contributed by atoms with Crippen molar-refractivity contribution in [3.8, 4) is 11.5 Å². The van der Waals surface area contributed by atoms with E-state index >= 15 is 0 Å². The molecule has 5 heteroatoms. The molecule has 0 spiro atoms. The summed E-state index contributed by atoms with van der Waals surface area (Å²) < 4.78 is 10.8. The molecule has 2 aromatic carbocycles. The molecular weight excluding hydrogens is 374 g/mol. The molecule has 0 atom stereocenters. The van der Waals surface area contributed by atoms with Crippen LogP contribution in [0.2, 0.25) is 0 Å². The minimum absolute atomic E-state index is 0.426. The second kappa shape index (κ2) is 9.35. The van der Waals surface area contributed by atoms with Crippen molar-refractivity contribution in [2.24, 2.45) is 10.9 Å². The molecule has 2 aromatic rings. The van der Waals surface area contributed by atoms with Gasteiger partial charge in [-0.25, -0.2) is 4.99 Å². The van der Waals surface area contributed by atoms with E-state index in [0.717, 1.165) is 22.6 Å². The average Bonchev–Trinajstić information content (AvgIpc) is 2.74. The fourth-order valence-corrected chi connectivity index (χ4v) is 2.96. The summed E-state index contributed by atoms with van der Waals surface area (Å²) in [4.78, 5) is 6.86. The molecule has 1 N–H and O–H groups in total. The van der Waals surface area contributed by atoms with E-state index in [1.807, 2.05) is 35.5 Å². The quantitative estimate of drug-likeness (QED) is 0.660. The van der Waals surface area contributed by atoms with E-state index in [4.69, 9.17) is 14.5 Å². The smallest absolute Gasteiger partial charge is 0.162 e. The Bertz CT molecular complexity index is 1000. The van der Waals surface area contributed by atoms with Crippen molar-refractivity contribution >= 4 is 17.2 Å². The normalized spacial score (nSPS) is 14.1. The van der Waals surface area contributed by atoms with Crippen LogP contribution in [0, 0.1) is 12.8 Å². The molecule has 1 aliphatic rings. The lowest BCUT2D eigenvalue weighted by atomic mass is 10.1. The van der Waals surface area contributed by atoms with Gasteiger partial charge in [0, 0.05) is 29.7 Å². The number of methoxy groups -OCH3 is 2. The third kappa shape index (κ3) is 4.92. The first kappa shape index (κ1) is 21.2. The SMILES string of the molecule is C=C1C(Nc2ccc(OC)c(OC)c2)=NC(c2ccc(C)cc2)=CN1/C=C\C(C)C. The molecule has 0 aromatic heterocycles. The highest BCUT2D eigenvalue weighted by molar-refractivity contribution is 6.10. The third-order valence-corrected chi connectivity index (χ3v) is 4.70. The lowest BCUT2D eigenvalue weighted by Crippen LogP contribution is -2.27. The predicted molar refractivity (Wildman–Crippen MR) is 125 cm³/mol. The number of anilines is 1. The topological polar surface area (TPSA) is 46.1 Å². The van der Waals surface area contributed by atoms with Crippen LogP contribution in [-0.4, -0.2) is 25.0 Å². The van der Waals surface area contributed by atoms with E-state index in [9.17, 15) is 0 Å². The lowest BCUT2D eigenvalue weighted by Gasteiger charge is -2.26. The van der Waals surface area contributed by atoms with Crippen molar-refractivity contribution < 1.29 is 9.47 Å². The van der Waals surface area contributed by atoms with Crippen molar-refractivity contribution in [2.45, 2.75) is 20.8 Å². The van der Waals surface area contributed by atoms with Gasteiger partial charge in [0.25, 0.3) is 0 Å². The largest absolute Gasteiger partial charge is 0.493 e. The minimum Gasteiger partial charge on any atom is -0.493 e. The highest BCUT2D eigenvalue weighted by Gasteiger charge is 2.19. The number of rotatable bonds is 6. The first-order chi connectivity index (χ1) is 14.4. The van der Waals surface area contributed by atoms with E-state index in [0.29, 0.717) is 23.3 Å². The first-order valence-corrected chi connectivity index (χ1v) is 9.93. The van der Waals surface area contributed by atoms with Crippen molar-refractivity contribution in [1.29, 1.82) is 0 Å². The number of amidine groups is 1. The van der Waals surface area contributed by atoms with E-state index < -0.39 is 0 Å². The molecule has 0 aliphatic carbocycles. The van der Waals surface area contributed by atoms with Crippen molar-refractivity contribution in [2.75, 3.05) is 19.5 Å². The van der Waals surface area contributed by atoms with Gasteiger partial charge in [0.15, 0.2) is 17.3 Å². The summed E-state index contributed by atoms with van der Waals surface area (Å²) in [7, 11) is 3.24. The number of hydrogen-bond acceptors (Lipinski definition) is 5. The Morgan fingerprint density at radius 1 is 1.03 bits per heavy atom. The predicted octanol–water partition coefficient (Wildman–Crippen LogP) is 5.82. The summed E-state index contributed by atoms with van der Waals surface area (Å²) in [5.74, 6) is 2.42. The van der Waals surface area contributed by atoms with Gasteiger partial charge in [-0.3, -0.25) is 0 Å². The number of benzene rings is 2. The molecule has 30 heavy (non-hydrogen) atoms. The summed E-state index contributed by atoms with van der Waals surface area (Å²) >= 11 is 0. The number of allylic oxidation sites excluding steroid dienone is 1. The van der Waals surface area contributed by atoms with Gasteiger partial charge in [-0.05, 0) is 25.0 Å². The van der Waals surface area contributed by atoms with Crippen LogP contribution in [0.25, 0.3) is 5.70 Å². The summed E-state index contributed by atoms with van der Waals surface area (Å²) in [6.07, 6.45) is 6.17. The Morgan fingerprint density at radius 2 is 1.73 bits per heavy atom. The Labute approximate surface area is 179 Å².